The van der Waals surface area contributed by atoms with E-state index in [0.29, 0.717) is 6.10 Å². The van der Waals surface area contributed by atoms with Crippen molar-refractivity contribution in [2.75, 3.05) is 7.11 Å². The van der Waals surface area contributed by atoms with Crippen molar-refractivity contribution in [2.24, 2.45) is 23.7 Å². The lowest BCUT2D eigenvalue weighted by atomic mass is 9.62. The lowest BCUT2D eigenvalue weighted by molar-refractivity contribution is -0.000899. The molecule has 2 fully saturated rings. The van der Waals surface area contributed by atoms with Gasteiger partial charge >= 0.3 is 0 Å². The van der Waals surface area contributed by atoms with Gasteiger partial charge in [0.2, 0.25) is 0 Å². The summed E-state index contributed by atoms with van der Waals surface area (Å²) < 4.78 is 5.67. The van der Waals surface area contributed by atoms with Crippen molar-refractivity contribution >= 4 is 0 Å². The van der Waals surface area contributed by atoms with Crippen molar-refractivity contribution in [1.29, 1.82) is 0 Å². The average Bonchev–Trinajstić information content (AvgIpc) is 2.75. The van der Waals surface area contributed by atoms with E-state index >= 15 is 0 Å². The number of rotatable bonds is 7. The van der Waals surface area contributed by atoms with E-state index in [2.05, 4.69) is 25.1 Å². The Morgan fingerprint density at radius 1 is 0.821 bits per heavy atom. The molecule has 5 unspecified atom stereocenters. The SMILES string of the molecule is CCCCCCc1ccc2c(c1)CCC(C1CCC3CC(OC)CCC3C1)C2. The summed E-state index contributed by atoms with van der Waals surface area (Å²) in [6.07, 6.45) is 20.0. The fraction of sp³-hybridized carbons (Fsp3) is 0.778. The normalized spacial score (nSPS) is 32.6. The molecule has 0 radical (unpaired) electrons. The topological polar surface area (TPSA) is 9.23 Å². The van der Waals surface area contributed by atoms with Gasteiger partial charge in [0.15, 0.2) is 0 Å². The zero-order valence-corrected chi connectivity index (χ0v) is 18.4. The van der Waals surface area contributed by atoms with E-state index in [1.807, 2.05) is 7.11 Å². The molecule has 0 spiro atoms. The van der Waals surface area contributed by atoms with E-state index < -0.39 is 0 Å². The highest BCUT2D eigenvalue weighted by molar-refractivity contribution is 5.34. The van der Waals surface area contributed by atoms with Crippen molar-refractivity contribution in [3.8, 4) is 0 Å². The van der Waals surface area contributed by atoms with Crippen molar-refractivity contribution in [3.63, 3.8) is 0 Å². The molecular weight excluding hydrogens is 340 g/mol. The minimum atomic E-state index is 0.551. The van der Waals surface area contributed by atoms with Crippen molar-refractivity contribution < 1.29 is 4.74 Å². The molecule has 3 aliphatic carbocycles. The first-order chi connectivity index (χ1) is 13.8. The Bertz CT molecular complexity index is 621. The zero-order chi connectivity index (χ0) is 19.3. The van der Waals surface area contributed by atoms with Gasteiger partial charge in [-0.05, 0) is 111 Å². The first-order valence-electron chi connectivity index (χ1n) is 12.4. The van der Waals surface area contributed by atoms with Crippen LogP contribution >= 0.6 is 0 Å². The molecule has 1 heteroatoms. The maximum Gasteiger partial charge on any atom is 0.0574 e. The van der Waals surface area contributed by atoms with E-state index in [-0.39, 0.29) is 0 Å². The van der Waals surface area contributed by atoms with E-state index in [4.69, 9.17) is 4.74 Å². The van der Waals surface area contributed by atoms with Gasteiger partial charge in [-0.3, -0.25) is 0 Å². The molecule has 0 saturated heterocycles. The van der Waals surface area contributed by atoms with Gasteiger partial charge in [-0.15, -0.1) is 0 Å². The third kappa shape index (κ3) is 4.84. The highest BCUT2D eigenvalue weighted by Gasteiger charge is 2.38. The van der Waals surface area contributed by atoms with Gasteiger partial charge in [-0.2, -0.15) is 0 Å². The summed E-state index contributed by atoms with van der Waals surface area (Å²) in [5, 5.41) is 0. The second-order valence-electron chi connectivity index (χ2n) is 10.2. The highest BCUT2D eigenvalue weighted by Crippen LogP contribution is 2.47. The molecule has 1 aromatic rings. The number of ether oxygens (including phenoxy) is 1. The van der Waals surface area contributed by atoms with Gasteiger partial charge in [-0.1, -0.05) is 44.4 Å². The molecule has 0 heterocycles. The number of hydrogen-bond donors (Lipinski definition) is 0. The molecule has 156 valence electrons. The summed E-state index contributed by atoms with van der Waals surface area (Å²) in [6, 6.07) is 7.49. The van der Waals surface area contributed by atoms with Gasteiger partial charge in [0.25, 0.3) is 0 Å². The Kier molecular flexibility index (Phi) is 7.15. The highest BCUT2D eigenvalue weighted by atomic mass is 16.5. The van der Waals surface area contributed by atoms with Crippen LogP contribution in [0, 0.1) is 23.7 Å². The van der Waals surface area contributed by atoms with Crippen LogP contribution in [0.25, 0.3) is 0 Å². The van der Waals surface area contributed by atoms with Gasteiger partial charge < -0.3 is 4.74 Å². The molecule has 0 amide bonds. The standard InChI is InChI=1S/C27H42O/c1-3-4-5-6-7-20-8-9-22-17-23(11-10-21(22)16-20)24-12-13-26-19-27(28-2)15-14-25(26)18-24/h8-9,16,23-27H,3-7,10-15,17-19H2,1-2H3. The quantitative estimate of drug-likeness (QED) is 0.455. The Morgan fingerprint density at radius 3 is 2.43 bits per heavy atom. The van der Waals surface area contributed by atoms with E-state index in [0.717, 1.165) is 23.7 Å². The molecule has 4 rings (SSSR count). The van der Waals surface area contributed by atoms with Crippen LogP contribution in [-0.2, 0) is 24.0 Å². The van der Waals surface area contributed by atoms with Gasteiger partial charge in [0, 0.05) is 7.11 Å². The van der Waals surface area contributed by atoms with E-state index in [1.54, 1.807) is 16.7 Å². The molecule has 3 aliphatic rings. The summed E-state index contributed by atoms with van der Waals surface area (Å²) in [6.45, 7) is 2.30. The van der Waals surface area contributed by atoms with Crippen LogP contribution in [0.15, 0.2) is 18.2 Å². The Morgan fingerprint density at radius 2 is 1.61 bits per heavy atom. The molecule has 1 aromatic carbocycles. The van der Waals surface area contributed by atoms with Crippen LogP contribution in [-0.4, -0.2) is 13.2 Å². The molecule has 0 bridgehead atoms. The van der Waals surface area contributed by atoms with Crippen molar-refractivity contribution in [2.45, 2.75) is 103 Å². The van der Waals surface area contributed by atoms with Crippen LogP contribution in [0.4, 0.5) is 0 Å². The number of benzene rings is 1. The Balaban J connectivity index is 1.31. The smallest absolute Gasteiger partial charge is 0.0574 e. The summed E-state index contributed by atoms with van der Waals surface area (Å²) in [4.78, 5) is 0. The largest absolute Gasteiger partial charge is 0.381 e. The lowest BCUT2D eigenvalue weighted by Gasteiger charge is -2.44. The first-order valence-corrected chi connectivity index (χ1v) is 12.4. The maximum atomic E-state index is 5.67. The van der Waals surface area contributed by atoms with Gasteiger partial charge in [0.05, 0.1) is 6.10 Å². The fourth-order valence-corrected chi connectivity index (χ4v) is 6.67. The zero-order valence-electron chi connectivity index (χ0n) is 18.4. The third-order valence-corrected chi connectivity index (χ3v) is 8.46. The number of aryl methyl sites for hydroxylation is 2. The molecular formula is C27H42O. The maximum absolute atomic E-state index is 5.67. The van der Waals surface area contributed by atoms with Crippen LogP contribution in [0.2, 0.25) is 0 Å². The van der Waals surface area contributed by atoms with Gasteiger partial charge in [0.1, 0.15) is 0 Å². The molecule has 28 heavy (non-hydrogen) atoms. The first kappa shape index (κ1) is 20.5. The summed E-state index contributed by atoms with van der Waals surface area (Å²) in [5.41, 5.74) is 4.95. The second-order valence-corrected chi connectivity index (χ2v) is 10.2. The number of methoxy groups -OCH3 is 1. The Hall–Kier alpha value is -0.820. The summed E-state index contributed by atoms with van der Waals surface area (Å²) >= 11 is 0. The monoisotopic (exact) mass is 382 g/mol. The molecule has 0 aromatic heterocycles. The predicted octanol–water partition coefficient (Wildman–Crippen LogP) is 7.15. The average molecular weight is 383 g/mol. The van der Waals surface area contributed by atoms with Crippen LogP contribution < -0.4 is 0 Å². The second kappa shape index (κ2) is 9.79. The number of unbranched alkanes of at least 4 members (excludes halogenated alkanes) is 3. The minimum absolute atomic E-state index is 0.551. The minimum Gasteiger partial charge on any atom is -0.381 e. The molecule has 0 N–H and O–H groups in total. The number of fused-ring (bicyclic) bond motifs is 2. The van der Waals surface area contributed by atoms with Crippen molar-refractivity contribution in [3.05, 3.63) is 34.9 Å². The Labute approximate surface area is 173 Å². The fourth-order valence-electron chi connectivity index (χ4n) is 6.67. The van der Waals surface area contributed by atoms with E-state index in [1.165, 1.54) is 89.9 Å². The van der Waals surface area contributed by atoms with Gasteiger partial charge in [-0.25, -0.2) is 0 Å². The van der Waals surface area contributed by atoms with Crippen molar-refractivity contribution in [1.82, 2.24) is 0 Å². The predicted molar refractivity (Wildman–Crippen MR) is 119 cm³/mol. The molecule has 2 saturated carbocycles. The molecule has 5 atom stereocenters. The molecule has 0 aliphatic heterocycles. The van der Waals surface area contributed by atoms with E-state index in [9.17, 15) is 0 Å². The van der Waals surface area contributed by atoms with Crippen LogP contribution in [0.1, 0.15) is 94.2 Å². The molecule has 1 nitrogen and oxygen atoms in total. The van der Waals surface area contributed by atoms with Crippen LogP contribution in [0.5, 0.6) is 0 Å². The summed E-state index contributed by atoms with van der Waals surface area (Å²) in [7, 11) is 1.91. The lowest BCUT2D eigenvalue weighted by Crippen LogP contribution is -2.36. The third-order valence-electron chi connectivity index (χ3n) is 8.46. The number of hydrogen-bond acceptors (Lipinski definition) is 1. The van der Waals surface area contributed by atoms with Crippen LogP contribution in [0.3, 0.4) is 0 Å². The summed E-state index contributed by atoms with van der Waals surface area (Å²) in [5.74, 6) is 3.89.